The smallest absolute Gasteiger partial charge is 0.271 e. The van der Waals surface area contributed by atoms with E-state index in [1.165, 1.54) is 20.4 Å². The zero-order valence-corrected chi connectivity index (χ0v) is 19.2. The fourth-order valence-corrected chi connectivity index (χ4v) is 3.36. The molecule has 0 spiro atoms. The fourth-order valence-electron chi connectivity index (χ4n) is 2.65. The van der Waals surface area contributed by atoms with Crippen molar-refractivity contribution < 1.29 is 19.0 Å². The number of hydrogen-bond acceptors (Lipinski definition) is 5. The summed E-state index contributed by atoms with van der Waals surface area (Å²) in [6.45, 7) is 0.353. The maximum absolute atomic E-state index is 12.4. The van der Waals surface area contributed by atoms with Crippen LogP contribution in [-0.2, 0) is 6.61 Å². The normalized spacial score (nSPS) is 10.7. The topological polar surface area (TPSA) is 69.2 Å². The molecule has 0 radical (unpaired) electrons. The first-order chi connectivity index (χ1) is 15.0. The fraction of sp³-hybridized carbons (Fsp3) is 0.130. The van der Waals surface area contributed by atoms with Crippen LogP contribution in [0.15, 0.2) is 70.2 Å². The van der Waals surface area contributed by atoms with Crippen molar-refractivity contribution in [1.82, 2.24) is 5.43 Å². The molecule has 3 aromatic rings. The molecule has 0 bridgehead atoms. The second kappa shape index (κ2) is 10.8. The maximum Gasteiger partial charge on any atom is 0.271 e. The van der Waals surface area contributed by atoms with Crippen LogP contribution in [0.1, 0.15) is 21.5 Å². The number of benzene rings is 3. The minimum Gasteiger partial charge on any atom is -0.497 e. The molecule has 6 nitrogen and oxygen atoms in total. The van der Waals surface area contributed by atoms with Gasteiger partial charge in [0.1, 0.15) is 23.9 Å². The lowest BCUT2D eigenvalue weighted by Crippen LogP contribution is -2.17. The van der Waals surface area contributed by atoms with Gasteiger partial charge in [0.15, 0.2) is 0 Å². The zero-order valence-electron chi connectivity index (χ0n) is 16.9. The molecular weight excluding hydrogens is 484 g/mol. The Morgan fingerprint density at radius 1 is 1.06 bits per heavy atom. The van der Waals surface area contributed by atoms with Crippen molar-refractivity contribution in [2.24, 2.45) is 5.10 Å². The third-order valence-electron chi connectivity index (χ3n) is 4.29. The van der Waals surface area contributed by atoms with E-state index >= 15 is 0 Å². The van der Waals surface area contributed by atoms with Gasteiger partial charge in [0.25, 0.3) is 5.91 Å². The number of amides is 1. The first-order valence-corrected chi connectivity index (χ1v) is 10.4. The number of hydrogen-bond donors (Lipinski definition) is 1. The van der Waals surface area contributed by atoms with E-state index in [9.17, 15) is 4.79 Å². The van der Waals surface area contributed by atoms with Crippen LogP contribution in [0.5, 0.6) is 17.2 Å². The van der Waals surface area contributed by atoms with E-state index in [0.717, 1.165) is 15.6 Å². The van der Waals surface area contributed by atoms with Gasteiger partial charge in [0.05, 0.1) is 24.9 Å². The molecule has 3 aromatic carbocycles. The Morgan fingerprint density at radius 3 is 2.42 bits per heavy atom. The molecule has 0 fully saturated rings. The van der Waals surface area contributed by atoms with Gasteiger partial charge in [-0.15, -0.1) is 0 Å². The Balaban J connectivity index is 1.62. The molecule has 0 heterocycles. The molecule has 3 rings (SSSR count). The summed E-state index contributed by atoms with van der Waals surface area (Å²) in [4.78, 5) is 12.4. The summed E-state index contributed by atoms with van der Waals surface area (Å²) in [6, 6.07) is 17.9. The van der Waals surface area contributed by atoms with Gasteiger partial charge in [-0.25, -0.2) is 5.43 Å². The van der Waals surface area contributed by atoms with E-state index in [4.69, 9.17) is 25.8 Å². The summed E-state index contributed by atoms with van der Waals surface area (Å²) in [5.41, 5.74) is 4.55. The third-order valence-corrected chi connectivity index (χ3v) is 5.28. The van der Waals surface area contributed by atoms with Crippen LogP contribution in [-0.4, -0.2) is 26.3 Å². The van der Waals surface area contributed by atoms with Crippen LogP contribution in [0.2, 0.25) is 5.02 Å². The predicted molar refractivity (Wildman–Crippen MR) is 125 cm³/mol. The van der Waals surface area contributed by atoms with Crippen molar-refractivity contribution in [2.45, 2.75) is 6.61 Å². The van der Waals surface area contributed by atoms with Crippen LogP contribution in [0.25, 0.3) is 0 Å². The largest absolute Gasteiger partial charge is 0.497 e. The predicted octanol–water partition coefficient (Wildman–Crippen LogP) is 5.46. The van der Waals surface area contributed by atoms with Gasteiger partial charge >= 0.3 is 0 Å². The van der Waals surface area contributed by atoms with Gasteiger partial charge in [-0.05, 0) is 57.9 Å². The Morgan fingerprint density at radius 2 is 1.77 bits per heavy atom. The van der Waals surface area contributed by atoms with Crippen molar-refractivity contribution in [3.8, 4) is 17.2 Å². The van der Waals surface area contributed by atoms with Gasteiger partial charge < -0.3 is 14.2 Å². The highest BCUT2D eigenvalue weighted by Gasteiger charge is 2.09. The Bertz CT molecular complexity index is 1080. The van der Waals surface area contributed by atoms with E-state index in [1.54, 1.807) is 18.2 Å². The summed E-state index contributed by atoms with van der Waals surface area (Å²) < 4.78 is 16.9. The number of rotatable bonds is 8. The van der Waals surface area contributed by atoms with Crippen molar-refractivity contribution in [1.29, 1.82) is 0 Å². The standard InChI is InChI=1S/C23H20BrClN2O4/c1-29-18-10-17(11-19(12-18)30-2)23(28)27-26-13-15-7-8-22(20(24)9-15)31-14-16-5-3-4-6-21(16)25/h3-13H,14H2,1-2H3,(H,27,28)/b26-13-. The molecule has 1 amide bonds. The average molecular weight is 504 g/mol. The number of carbonyl (C=O) groups is 1. The molecule has 0 saturated carbocycles. The Labute approximate surface area is 193 Å². The number of methoxy groups -OCH3 is 2. The molecule has 0 aliphatic carbocycles. The third kappa shape index (κ3) is 6.23. The van der Waals surface area contributed by atoms with E-state index in [-0.39, 0.29) is 5.91 Å². The van der Waals surface area contributed by atoms with E-state index in [0.29, 0.717) is 34.4 Å². The summed E-state index contributed by atoms with van der Waals surface area (Å²) in [5.74, 6) is 1.33. The molecule has 0 aliphatic heterocycles. The lowest BCUT2D eigenvalue weighted by Gasteiger charge is -2.10. The molecule has 0 atom stereocenters. The summed E-state index contributed by atoms with van der Waals surface area (Å²) in [5, 5.41) is 4.68. The molecule has 160 valence electrons. The van der Waals surface area contributed by atoms with Gasteiger partial charge in [-0.1, -0.05) is 29.8 Å². The van der Waals surface area contributed by atoms with Gasteiger partial charge in [-0.2, -0.15) is 5.10 Å². The highest BCUT2D eigenvalue weighted by atomic mass is 79.9. The second-order valence-electron chi connectivity index (χ2n) is 6.37. The van der Waals surface area contributed by atoms with E-state index in [2.05, 4.69) is 26.5 Å². The number of halogens is 2. The molecule has 0 aromatic heterocycles. The summed E-state index contributed by atoms with van der Waals surface area (Å²) in [7, 11) is 3.04. The first kappa shape index (κ1) is 22.7. The number of carbonyl (C=O) groups excluding carboxylic acids is 1. The minimum absolute atomic E-state index is 0.353. The van der Waals surface area contributed by atoms with E-state index < -0.39 is 0 Å². The molecule has 0 unspecified atom stereocenters. The van der Waals surface area contributed by atoms with Crippen LogP contribution >= 0.6 is 27.5 Å². The Hall–Kier alpha value is -3.03. The lowest BCUT2D eigenvalue weighted by atomic mass is 10.2. The number of hydrazone groups is 1. The highest BCUT2D eigenvalue weighted by molar-refractivity contribution is 9.10. The van der Waals surface area contributed by atoms with Crippen LogP contribution in [0, 0.1) is 0 Å². The SMILES string of the molecule is COc1cc(OC)cc(C(=O)N/N=C\c2ccc(OCc3ccccc3Cl)c(Br)c2)c1. The van der Waals surface area contributed by atoms with Crippen molar-refractivity contribution in [2.75, 3.05) is 14.2 Å². The van der Waals surface area contributed by atoms with Crippen LogP contribution in [0.4, 0.5) is 0 Å². The van der Waals surface area contributed by atoms with Gasteiger partial charge in [0.2, 0.25) is 0 Å². The molecule has 0 aliphatic rings. The quantitative estimate of drug-likeness (QED) is 0.327. The average Bonchev–Trinajstić information content (AvgIpc) is 2.79. The molecular formula is C23H20BrClN2O4. The zero-order chi connectivity index (χ0) is 22.2. The minimum atomic E-state index is -0.382. The second-order valence-corrected chi connectivity index (χ2v) is 7.63. The summed E-state index contributed by atoms with van der Waals surface area (Å²) in [6.07, 6.45) is 1.54. The van der Waals surface area contributed by atoms with Crippen LogP contribution < -0.4 is 19.6 Å². The van der Waals surface area contributed by atoms with E-state index in [1.807, 2.05) is 42.5 Å². The maximum atomic E-state index is 12.4. The lowest BCUT2D eigenvalue weighted by molar-refractivity contribution is 0.0954. The van der Waals surface area contributed by atoms with Crippen LogP contribution in [0.3, 0.4) is 0 Å². The van der Waals surface area contributed by atoms with Crippen molar-refractivity contribution in [3.63, 3.8) is 0 Å². The number of nitrogens with one attached hydrogen (secondary N) is 1. The molecule has 1 N–H and O–H groups in total. The number of nitrogens with zero attached hydrogens (tertiary/aromatic N) is 1. The van der Waals surface area contributed by atoms with Crippen molar-refractivity contribution in [3.05, 3.63) is 86.8 Å². The van der Waals surface area contributed by atoms with Gasteiger partial charge in [0, 0.05) is 22.2 Å². The first-order valence-electron chi connectivity index (χ1n) is 9.22. The molecule has 8 heteroatoms. The molecule has 0 saturated heterocycles. The summed E-state index contributed by atoms with van der Waals surface area (Å²) >= 11 is 9.65. The monoisotopic (exact) mass is 502 g/mol. The highest BCUT2D eigenvalue weighted by Crippen LogP contribution is 2.27. The Kier molecular flexibility index (Phi) is 7.92. The molecule has 31 heavy (non-hydrogen) atoms. The number of ether oxygens (including phenoxy) is 3. The van der Waals surface area contributed by atoms with Crippen molar-refractivity contribution >= 4 is 39.7 Å². The van der Waals surface area contributed by atoms with Gasteiger partial charge in [-0.3, -0.25) is 4.79 Å².